The van der Waals surface area contributed by atoms with E-state index in [1.165, 1.54) is 5.56 Å². The highest BCUT2D eigenvalue weighted by atomic mass is 15.2. The molecule has 0 heterocycles. The largest absolute Gasteiger partial charge is 0.309 e. The van der Waals surface area contributed by atoms with Crippen LogP contribution in [-0.2, 0) is 0 Å². The summed E-state index contributed by atoms with van der Waals surface area (Å²) in [4.78, 5) is 2.46. The topological polar surface area (TPSA) is 15.3 Å². The van der Waals surface area contributed by atoms with Gasteiger partial charge in [0.25, 0.3) is 0 Å². The van der Waals surface area contributed by atoms with Crippen LogP contribution >= 0.6 is 0 Å². The fourth-order valence-electron chi connectivity index (χ4n) is 2.59. The number of rotatable bonds is 6. The number of hydrogen-bond acceptors (Lipinski definition) is 2. The van der Waals surface area contributed by atoms with E-state index in [2.05, 4.69) is 82.2 Å². The van der Waals surface area contributed by atoms with Gasteiger partial charge in [-0.15, -0.1) is 0 Å². The molecule has 2 heteroatoms. The Bertz CT molecular complexity index is 353. The van der Waals surface area contributed by atoms with E-state index in [1.807, 2.05) is 0 Å². The van der Waals surface area contributed by atoms with Crippen LogP contribution in [0.25, 0.3) is 0 Å². The Kier molecular flexibility index (Phi) is 6.02. The zero-order valence-corrected chi connectivity index (χ0v) is 13.4. The molecule has 0 radical (unpaired) electrons. The lowest BCUT2D eigenvalue weighted by molar-refractivity contribution is 0.152. The number of nitrogens with zero attached hydrogens (tertiary/aromatic N) is 1. The maximum atomic E-state index is 3.62. The van der Waals surface area contributed by atoms with Gasteiger partial charge in [0.1, 0.15) is 0 Å². The van der Waals surface area contributed by atoms with Crippen LogP contribution in [0.15, 0.2) is 30.3 Å². The molecule has 1 rings (SSSR count). The summed E-state index contributed by atoms with van der Waals surface area (Å²) in [6, 6.07) is 11.6. The highest BCUT2D eigenvalue weighted by Crippen LogP contribution is 2.23. The van der Waals surface area contributed by atoms with Crippen LogP contribution in [0.4, 0.5) is 0 Å². The first-order chi connectivity index (χ1) is 8.85. The molecule has 2 unspecified atom stereocenters. The molecular weight excluding hydrogens is 232 g/mol. The van der Waals surface area contributed by atoms with Crippen molar-refractivity contribution in [2.45, 2.75) is 46.7 Å². The molecule has 1 aromatic carbocycles. The molecule has 1 N–H and O–H groups in total. The molecule has 0 fully saturated rings. The van der Waals surface area contributed by atoms with Crippen molar-refractivity contribution in [2.24, 2.45) is 5.41 Å². The van der Waals surface area contributed by atoms with Gasteiger partial charge < -0.3 is 10.2 Å². The molecule has 0 aliphatic carbocycles. The molecule has 0 amide bonds. The maximum absolute atomic E-state index is 3.62. The molecule has 0 aromatic heterocycles. The van der Waals surface area contributed by atoms with Crippen molar-refractivity contribution in [1.82, 2.24) is 10.2 Å². The van der Waals surface area contributed by atoms with Gasteiger partial charge in [-0.2, -0.15) is 0 Å². The van der Waals surface area contributed by atoms with Crippen LogP contribution in [0.5, 0.6) is 0 Å². The van der Waals surface area contributed by atoms with E-state index >= 15 is 0 Å². The zero-order valence-electron chi connectivity index (χ0n) is 13.4. The summed E-state index contributed by atoms with van der Waals surface area (Å²) in [7, 11) is 2.23. The first kappa shape index (κ1) is 16.2. The molecule has 0 saturated carbocycles. The van der Waals surface area contributed by atoms with Gasteiger partial charge in [0, 0.05) is 18.6 Å². The van der Waals surface area contributed by atoms with Gasteiger partial charge >= 0.3 is 0 Å². The number of benzene rings is 1. The Morgan fingerprint density at radius 3 is 2.21 bits per heavy atom. The van der Waals surface area contributed by atoms with Crippen LogP contribution in [0.1, 0.15) is 46.2 Å². The van der Waals surface area contributed by atoms with Gasteiger partial charge in [0.05, 0.1) is 0 Å². The van der Waals surface area contributed by atoms with E-state index in [0.29, 0.717) is 17.5 Å². The highest BCUT2D eigenvalue weighted by Gasteiger charge is 2.24. The summed E-state index contributed by atoms with van der Waals surface area (Å²) in [5.74, 6) is 0. The lowest BCUT2D eigenvalue weighted by Gasteiger charge is -2.36. The minimum absolute atomic E-state index is 0.330. The van der Waals surface area contributed by atoms with E-state index in [9.17, 15) is 0 Å². The molecule has 1 aromatic rings. The van der Waals surface area contributed by atoms with Crippen molar-refractivity contribution in [3.8, 4) is 0 Å². The van der Waals surface area contributed by atoms with Crippen molar-refractivity contribution in [3.05, 3.63) is 35.9 Å². The Morgan fingerprint density at radius 1 is 1.16 bits per heavy atom. The summed E-state index contributed by atoms with van der Waals surface area (Å²) < 4.78 is 0. The number of hydrogen-bond donors (Lipinski definition) is 1. The van der Waals surface area contributed by atoms with Crippen LogP contribution in [-0.4, -0.2) is 31.1 Å². The van der Waals surface area contributed by atoms with Gasteiger partial charge in [-0.1, -0.05) is 58.0 Å². The Labute approximate surface area is 119 Å². The van der Waals surface area contributed by atoms with Crippen LogP contribution < -0.4 is 5.32 Å². The molecule has 0 aliphatic rings. The van der Waals surface area contributed by atoms with Gasteiger partial charge in [-0.05, 0) is 31.5 Å². The Hall–Kier alpha value is -0.860. The first-order valence-corrected chi connectivity index (χ1v) is 7.33. The van der Waals surface area contributed by atoms with Crippen molar-refractivity contribution in [1.29, 1.82) is 0 Å². The van der Waals surface area contributed by atoms with Crippen molar-refractivity contribution in [2.75, 3.05) is 20.1 Å². The third-order valence-corrected chi connectivity index (χ3v) is 3.48. The fraction of sp³-hybridized carbons (Fsp3) is 0.647. The second-order valence-electron chi connectivity index (χ2n) is 6.66. The number of nitrogens with one attached hydrogen (secondary N) is 1. The van der Waals surface area contributed by atoms with E-state index in [4.69, 9.17) is 0 Å². The molecule has 0 saturated heterocycles. The molecule has 2 nitrogen and oxygen atoms in total. The van der Waals surface area contributed by atoms with Gasteiger partial charge in [-0.3, -0.25) is 0 Å². The minimum Gasteiger partial charge on any atom is -0.309 e. The Balaban J connectivity index is 2.81. The smallest absolute Gasteiger partial charge is 0.0475 e. The van der Waals surface area contributed by atoms with E-state index < -0.39 is 0 Å². The summed E-state index contributed by atoms with van der Waals surface area (Å²) in [6.45, 7) is 13.5. The van der Waals surface area contributed by atoms with Crippen LogP contribution in [0.2, 0.25) is 0 Å². The molecule has 0 spiro atoms. The molecule has 19 heavy (non-hydrogen) atoms. The van der Waals surface area contributed by atoms with Gasteiger partial charge in [0.15, 0.2) is 0 Å². The average Bonchev–Trinajstić information content (AvgIpc) is 2.34. The van der Waals surface area contributed by atoms with Crippen molar-refractivity contribution < 1.29 is 0 Å². The fourth-order valence-corrected chi connectivity index (χ4v) is 2.59. The van der Waals surface area contributed by atoms with E-state index in [0.717, 1.165) is 13.1 Å². The van der Waals surface area contributed by atoms with Crippen LogP contribution in [0, 0.1) is 5.41 Å². The zero-order chi connectivity index (χ0) is 14.5. The summed E-state index contributed by atoms with van der Waals surface area (Å²) in [5, 5.41) is 3.62. The molecule has 2 atom stereocenters. The summed E-state index contributed by atoms with van der Waals surface area (Å²) in [5.41, 5.74) is 1.70. The summed E-state index contributed by atoms with van der Waals surface area (Å²) >= 11 is 0. The average molecular weight is 262 g/mol. The SMILES string of the molecule is CCNC(c1ccccc1)C(C)N(C)CC(C)(C)C. The standard InChI is InChI=1S/C17H30N2/c1-7-18-16(15-11-9-8-10-12-15)14(2)19(6)13-17(3,4)5/h8-12,14,16,18H,7,13H2,1-6H3. The Morgan fingerprint density at radius 2 is 1.74 bits per heavy atom. The molecular formula is C17H30N2. The second-order valence-corrected chi connectivity index (χ2v) is 6.66. The predicted octanol–water partition coefficient (Wildman–Crippen LogP) is 3.70. The lowest BCUT2D eigenvalue weighted by atomic mass is 9.93. The van der Waals surface area contributed by atoms with Gasteiger partial charge in [0.2, 0.25) is 0 Å². The minimum atomic E-state index is 0.330. The normalized spacial score (nSPS) is 15.5. The summed E-state index contributed by atoms with van der Waals surface area (Å²) in [6.07, 6.45) is 0. The van der Waals surface area contributed by atoms with E-state index in [-0.39, 0.29) is 0 Å². The predicted molar refractivity (Wildman–Crippen MR) is 84.4 cm³/mol. The van der Waals surface area contributed by atoms with Gasteiger partial charge in [-0.25, -0.2) is 0 Å². The van der Waals surface area contributed by atoms with Crippen LogP contribution in [0.3, 0.4) is 0 Å². The second kappa shape index (κ2) is 7.06. The third-order valence-electron chi connectivity index (χ3n) is 3.48. The molecule has 0 aliphatic heterocycles. The number of likely N-dealkylation sites (N-methyl/N-ethyl adjacent to an activating group) is 2. The quantitative estimate of drug-likeness (QED) is 0.841. The molecule has 108 valence electrons. The lowest BCUT2D eigenvalue weighted by Crippen LogP contribution is -2.44. The third kappa shape index (κ3) is 5.33. The van der Waals surface area contributed by atoms with Crippen molar-refractivity contribution >= 4 is 0 Å². The molecule has 0 bridgehead atoms. The first-order valence-electron chi connectivity index (χ1n) is 7.33. The van der Waals surface area contributed by atoms with Crippen molar-refractivity contribution in [3.63, 3.8) is 0 Å². The van der Waals surface area contributed by atoms with E-state index in [1.54, 1.807) is 0 Å². The monoisotopic (exact) mass is 262 g/mol. The maximum Gasteiger partial charge on any atom is 0.0475 e. The highest BCUT2D eigenvalue weighted by molar-refractivity contribution is 5.20.